The van der Waals surface area contributed by atoms with Crippen LogP contribution in [0.25, 0.3) is 0 Å². The molecule has 11 heavy (non-hydrogen) atoms. The van der Waals surface area contributed by atoms with Crippen LogP contribution in [0.1, 0.15) is 0 Å². The van der Waals surface area contributed by atoms with Crippen molar-refractivity contribution in [1.29, 1.82) is 0 Å². The number of hydrogen-bond acceptors (Lipinski definition) is 4. The smallest absolute Gasteiger partial charge is 0.515 e. The zero-order valence-corrected chi connectivity index (χ0v) is 9.91. The van der Waals surface area contributed by atoms with Gasteiger partial charge in [-0.2, -0.15) is 4.98 Å². The van der Waals surface area contributed by atoms with Gasteiger partial charge in [-0.3, -0.25) is 0 Å². The summed E-state index contributed by atoms with van der Waals surface area (Å²) in [5.74, 6) is 0.381. The number of aromatic nitrogens is 2. The molecule has 1 rings (SSSR count). The Labute approximate surface area is 108 Å². The molecule has 4 nitrogen and oxygen atoms in total. The summed E-state index contributed by atoms with van der Waals surface area (Å²) in [4.78, 5) is 7.54. The van der Waals surface area contributed by atoms with Gasteiger partial charge >= 0.3 is 57.4 Å². The van der Waals surface area contributed by atoms with Crippen molar-refractivity contribution < 1.29 is 60.9 Å². The van der Waals surface area contributed by atoms with Crippen LogP contribution in [0.4, 0.5) is 0 Å². The summed E-state index contributed by atoms with van der Waals surface area (Å²) in [6, 6.07) is 2.96. The number of methoxy groups -OCH3 is 2. The SMILES string of the molecule is COc1[c-]cnc(OC)n1.[K+]. The predicted octanol–water partition coefficient (Wildman–Crippen LogP) is -2.70. The summed E-state index contributed by atoms with van der Waals surface area (Å²) in [6.45, 7) is 0. The first-order valence-corrected chi connectivity index (χ1v) is 2.69. The van der Waals surface area contributed by atoms with E-state index in [4.69, 9.17) is 9.47 Å². The molecule has 0 atom stereocenters. The molecule has 54 valence electrons. The van der Waals surface area contributed by atoms with Crippen LogP contribution in [0.5, 0.6) is 11.9 Å². The van der Waals surface area contributed by atoms with Crippen LogP contribution in [-0.2, 0) is 0 Å². The second-order valence-electron chi connectivity index (χ2n) is 1.51. The molecule has 1 aromatic rings. The Morgan fingerprint density at radius 3 is 2.64 bits per heavy atom. The van der Waals surface area contributed by atoms with Crippen molar-refractivity contribution in [1.82, 2.24) is 9.97 Å². The summed E-state index contributed by atoms with van der Waals surface area (Å²) in [5.41, 5.74) is 0. The third-order valence-corrected chi connectivity index (χ3v) is 0.936. The van der Waals surface area contributed by atoms with Gasteiger partial charge in [-0.15, -0.1) is 6.20 Å². The second-order valence-corrected chi connectivity index (χ2v) is 1.51. The molecule has 0 aliphatic rings. The minimum absolute atomic E-state index is 0. The second kappa shape index (κ2) is 5.90. The van der Waals surface area contributed by atoms with Crippen LogP contribution >= 0.6 is 0 Å². The van der Waals surface area contributed by atoms with E-state index < -0.39 is 0 Å². The van der Waals surface area contributed by atoms with Crippen LogP contribution in [0, 0.1) is 6.07 Å². The van der Waals surface area contributed by atoms with E-state index in [9.17, 15) is 0 Å². The van der Waals surface area contributed by atoms with Crippen LogP contribution in [0.3, 0.4) is 0 Å². The maximum Gasteiger partial charge on any atom is 1.00 e. The van der Waals surface area contributed by atoms with Gasteiger partial charge in [0, 0.05) is 5.88 Å². The average molecular weight is 178 g/mol. The van der Waals surface area contributed by atoms with Crippen LogP contribution in [-0.4, -0.2) is 24.2 Å². The maximum absolute atomic E-state index is 4.77. The van der Waals surface area contributed by atoms with Crippen molar-refractivity contribution in [3.05, 3.63) is 12.3 Å². The first-order valence-electron chi connectivity index (χ1n) is 2.69. The van der Waals surface area contributed by atoms with Gasteiger partial charge in [0.2, 0.25) is 0 Å². The van der Waals surface area contributed by atoms with Gasteiger partial charge in [-0.1, -0.05) is 0 Å². The quantitative estimate of drug-likeness (QED) is 0.365. The Kier molecular flexibility index (Phi) is 6.07. The van der Waals surface area contributed by atoms with Crippen molar-refractivity contribution in [2.75, 3.05) is 14.2 Å². The van der Waals surface area contributed by atoms with E-state index in [1.807, 2.05) is 0 Å². The molecular weight excluding hydrogens is 171 g/mol. The first kappa shape index (κ1) is 11.3. The topological polar surface area (TPSA) is 44.2 Å². The molecule has 0 aromatic carbocycles. The minimum Gasteiger partial charge on any atom is -0.515 e. The van der Waals surface area contributed by atoms with E-state index in [0.29, 0.717) is 5.88 Å². The van der Waals surface area contributed by atoms with Crippen molar-refractivity contribution in [2.45, 2.75) is 0 Å². The summed E-state index contributed by atoms with van der Waals surface area (Å²) >= 11 is 0. The fourth-order valence-electron chi connectivity index (χ4n) is 0.494. The molecule has 0 bridgehead atoms. The van der Waals surface area contributed by atoms with E-state index in [1.54, 1.807) is 0 Å². The van der Waals surface area contributed by atoms with Gasteiger partial charge in [0.05, 0.1) is 14.2 Å². The Hall–Kier alpha value is 0.316. The van der Waals surface area contributed by atoms with Gasteiger partial charge in [0.1, 0.15) is 0 Å². The van der Waals surface area contributed by atoms with Gasteiger partial charge in [-0.25, -0.2) is 4.98 Å². The molecule has 1 heterocycles. The first-order chi connectivity index (χ1) is 4.86. The Bertz CT molecular complexity index is 200. The van der Waals surface area contributed by atoms with Crippen LogP contribution in [0.2, 0.25) is 0 Å². The molecule has 0 unspecified atom stereocenters. The van der Waals surface area contributed by atoms with Crippen molar-refractivity contribution in [3.63, 3.8) is 0 Å². The summed E-state index contributed by atoms with van der Waals surface area (Å²) < 4.78 is 9.50. The molecule has 0 saturated carbocycles. The van der Waals surface area contributed by atoms with Gasteiger partial charge < -0.3 is 15.5 Å². The maximum atomic E-state index is 4.77. The summed E-state index contributed by atoms with van der Waals surface area (Å²) in [6.07, 6.45) is 1.45. The number of rotatable bonds is 2. The Morgan fingerprint density at radius 1 is 1.36 bits per heavy atom. The molecule has 0 aliphatic heterocycles. The third-order valence-electron chi connectivity index (χ3n) is 0.936. The molecule has 0 amide bonds. The molecule has 0 saturated heterocycles. The van der Waals surface area contributed by atoms with E-state index >= 15 is 0 Å². The number of nitrogens with zero attached hydrogens (tertiary/aromatic N) is 2. The molecule has 1 aromatic heterocycles. The van der Waals surface area contributed by atoms with Crippen molar-refractivity contribution in [3.8, 4) is 11.9 Å². The largest absolute Gasteiger partial charge is 1.00 e. The molecule has 0 radical (unpaired) electrons. The molecule has 5 heteroatoms. The van der Waals surface area contributed by atoms with E-state index in [-0.39, 0.29) is 57.4 Å². The third kappa shape index (κ3) is 3.48. The monoisotopic (exact) mass is 178 g/mol. The Balaban J connectivity index is 0.000001000. The van der Waals surface area contributed by atoms with Crippen molar-refractivity contribution in [2.24, 2.45) is 0 Å². The summed E-state index contributed by atoms with van der Waals surface area (Å²) in [5, 5.41) is 0. The normalized spacial score (nSPS) is 8.18. The molecule has 0 fully saturated rings. The van der Waals surface area contributed by atoms with Gasteiger partial charge in [0.15, 0.2) is 0 Å². The standard InChI is InChI=1S/C6H7N2O2.K/c1-9-5-3-4-7-6(8-5)10-2;/h4H,1-2H3;/q-1;+1. The van der Waals surface area contributed by atoms with Gasteiger partial charge in [0.25, 0.3) is 0 Å². The van der Waals surface area contributed by atoms with Crippen LogP contribution < -0.4 is 60.9 Å². The summed E-state index contributed by atoms with van der Waals surface area (Å²) in [7, 11) is 3.01. The molecule has 0 aliphatic carbocycles. The van der Waals surface area contributed by atoms with Crippen molar-refractivity contribution >= 4 is 0 Å². The molecule has 0 spiro atoms. The minimum atomic E-state index is 0. The van der Waals surface area contributed by atoms with E-state index in [2.05, 4.69) is 16.0 Å². The number of ether oxygens (including phenoxy) is 2. The zero-order valence-electron chi connectivity index (χ0n) is 6.79. The van der Waals surface area contributed by atoms with Gasteiger partial charge in [-0.05, 0) is 0 Å². The molecule has 0 N–H and O–H groups in total. The Morgan fingerprint density at radius 2 is 2.09 bits per heavy atom. The fraction of sp³-hybridized carbons (Fsp3) is 0.333. The molecular formula is C6H7KN2O2. The number of hydrogen-bond donors (Lipinski definition) is 0. The average Bonchev–Trinajstić information content (AvgIpc) is 2.05. The zero-order chi connectivity index (χ0) is 7.40. The van der Waals surface area contributed by atoms with E-state index in [1.165, 1.54) is 20.4 Å². The fourth-order valence-corrected chi connectivity index (χ4v) is 0.494. The van der Waals surface area contributed by atoms with Crippen LogP contribution in [0.15, 0.2) is 6.20 Å². The predicted molar refractivity (Wildman–Crippen MR) is 34.0 cm³/mol. The van der Waals surface area contributed by atoms with E-state index in [0.717, 1.165) is 0 Å².